The molecular formula is C29H33ClN2O2S. The summed E-state index contributed by atoms with van der Waals surface area (Å²) >= 11 is 7.64. The second-order valence-corrected chi connectivity index (χ2v) is 10.4. The fourth-order valence-electron chi connectivity index (χ4n) is 3.91. The first-order valence-electron chi connectivity index (χ1n) is 11.8. The van der Waals surface area contributed by atoms with Gasteiger partial charge in [-0.3, -0.25) is 9.59 Å². The van der Waals surface area contributed by atoms with Crippen molar-refractivity contribution in [3.05, 3.63) is 106 Å². The van der Waals surface area contributed by atoms with Crippen molar-refractivity contribution < 1.29 is 9.59 Å². The number of amides is 2. The van der Waals surface area contributed by atoms with Gasteiger partial charge in [0.2, 0.25) is 11.8 Å². The number of carbonyl (C=O) groups is 2. The normalized spacial score (nSPS) is 11.8. The average molecular weight is 509 g/mol. The van der Waals surface area contributed by atoms with Crippen LogP contribution in [0.4, 0.5) is 0 Å². The maximum absolute atomic E-state index is 13.6. The maximum atomic E-state index is 13.6. The van der Waals surface area contributed by atoms with Gasteiger partial charge in [0.1, 0.15) is 6.04 Å². The molecule has 0 bridgehead atoms. The highest BCUT2D eigenvalue weighted by molar-refractivity contribution is 7.99. The van der Waals surface area contributed by atoms with Crippen molar-refractivity contribution in [3.8, 4) is 0 Å². The molecule has 0 saturated heterocycles. The first-order chi connectivity index (χ1) is 16.8. The van der Waals surface area contributed by atoms with Crippen LogP contribution in [0.1, 0.15) is 36.1 Å². The lowest BCUT2D eigenvalue weighted by atomic mass is 10.0. The van der Waals surface area contributed by atoms with Crippen LogP contribution in [-0.4, -0.2) is 34.6 Å². The Labute approximate surface area is 218 Å². The zero-order valence-electron chi connectivity index (χ0n) is 20.5. The van der Waals surface area contributed by atoms with E-state index in [4.69, 9.17) is 11.6 Å². The Morgan fingerprint density at radius 2 is 1.60 bits per heavy atom. The van der Waals surface area contributed by atoms with Crippen molar-refractivity contribution in [2.75, 3.05) is 5.75 Å². The third kappa shape index (κ3) is 8.75. The van der Waals surface area contributed by atoms with Gasteiger partial charge in [0, 0.05) is 29.8 Å². The third-order valence-corrected chi connectivity index (χ3v) is 6.74. The van der Waals surface area contributed by atoms with Gasteiger partial charge in [-0.15, -0.1) is 11.8 Å². The highest BCUT2D eigenvalue weighted by Crippen LogP contribution is 2.20. The van der Waals surface area contributed by atoms with Crippen molar-refractivity contribution in [1.29, 1.82) is 0 Å². The summed E-state index contributed by atoms with van der Waals surface area (Å²) in [5.74, 6) is 0.758. The quantitative estimate of drug-likeness (QED) is 0.343. The minimum Gasteiger partial charge on any atom is -0.352 e. The third-order valence-electron chi connectivity index (χ3n) is 5.52. The molecule has 0 saturated carbocycles. The monoisotopic (exact) mass is 508 g/mol. The summed E-state index contributed by atoms with van der Waals surface area (Å²) in [6.45, 7) is 6.28. The number of nitrogens with one attached hydrogen (secondary N) is 1. The molecule has 35 heavy (non-hydrogen) atoms. The second kappa shape index (κ2) is 13.4. The SMILES string of the molecule is Cc1cccc(CN(C(=O)CSCc2cccc(Cl)c2)[C@@H](Cc2ccccc2)C(=O)NC(C)C)c1. The first kappa shape index (κ1) is 26.8. The van der Waals surface area contributed by atoms with Crippen LogP contribution in [0, 0.1) is 6.92 Å². The lowest BCUT2D eigenvalue weighted by Gasteiger charge is -2.32. The molecule has 3 aromatic rings. The Balaban J connectivity index is 1.84. The Morgan fingerprint density at radius 3 is 2.29 bits per heavy atom. The number of hydrogen-bond acceptors (Lipinski definition) is 3. The summed E-state index contributed by atoms with van der Waals surface area (Å²) in [7, 11) is 0. The van der Waals surface area contributed by atoms with Crippen LogP contribution in [0.3, 0.4) is 0 Å². The number of halogens is 1. The van der Waals surface area contributed by atoms with Crippen molar-refractivity contribution >= 4 is 35.2 Å². The van der Waals surface area contributed by atoms with Gasteiger partial charge in [-0.05, 0) is 49.6 Å². The van der Waals surface area contributed by atoms with Crippen LogP contribution >= 0.6 is 23.4 Å². The van der Waals surface area contributed by atoms with E-state index < -0.39 is 6.04 Å². The first-order valence-corrected chi connectivity index (χ1v) is 13.4. The molecule has 0 heterocycles. The van der Waals surface area contributed by atoms with E-state index in [2.05, 4.69) is 11.4 Å². The molecule has 1 atom stereocenters. The van der Waals surface area contributed by atoms with Crippen LogP contribution in [0.15, 0.2) is 78.9 Å². The molecule has 0 spiro atoms. The van der Waals surface area contributed by atoms with E-state index in [-0.39, 0.29) is 23.6 Å². The second-order valence-electron chi connectivity index (χ2n) is 9.00. The molecule has 4 nitrogen and oxygen atoms in total. The van der Waals surface area contributed by atoms with E-state index in [9.17, 15) is 9.59 Å². The van der Waals surface area contributed by atoms with Crippen molar-refractivity contribution in [2.24, 2.45) is 0 Å². The van der Waals surface area contributed by atoms with Gasteiger partial charge in [0.25, 0.3) is 0 Å². The van der Waals surface area contributed by atoms with Crippen LogP contribution < -0.4 is 5.32 Å². The number of rotatable bonds is 11. The van der Waals surface area contributed by atoms with Gasteiger partial charge in [-0.25, -0.2) is 0 Å². The van der Waals surface area contributed by atoms with E-state index >= 15 is 0 Å². The number of nitrogens with zero attached hydrogens (tertiary/aromatic N) is 1. The van der Waals surface area contributed by atoms with Gasteiger partial charge in [-0.1, -0.05) is 83.9 Å². The van der Waals surface area contributed by atoms with Crippen molar-refractivity contribution in [1.82, 2.24) is 10.2 Å². The van der Waals surface area contributed by atoms with Gasteiger partial charge in [0.15, 0.2) is 0 Å². The highest BCUT2D eigenvalue weighted by atomic mass is 35.5. The van der Waals surface area contributed by atoms with Crippen LogP contribution in [0.25, 0.3) is 0 Å². The lowest BCUT2D eigenvalue weighted by Crippen LogP contribution is -2.52. The minimum absolute atomic E-state index is 0.0195. The molecule has 0 aliphatic carbocycles. The van der Waals surface area contributed by atoms with Crippen molar-refractivity contribution in [2.45, 2.75) is 51.6 Å². The zero-order chi connectivity index (χ0) is 25.2. The number of thioether (sulfide) groups is 1. The molecule has 3 aromatic carbocycles. The summed E-state index contributed by atoms with van der Waals surface area (Å²) in [4.78, 5) is 28.7. The largest absolute Gasteiger partial charge is 0.352 e. The maximum Gasteiger partial charge on any atom is 0.243 e. The number of hydrogen-bond donors (Lipinski definition) is 1. The molecule has 0 radical (unpaired) electrons. The molecule has 3 rings (SSSR count). The summed E-state index contributed by atoms with van der Waals surface area (Å²) < 4.78 is 0. The van der Waals surface area contributed by atoms with Crippen LogP contribution in [0.2, 0.25) is 5.02 Å². The number of aryl methyl sites for hydroxylation is 1. The molecule has 0 unspecified atom stereocenters. The topological polar surface area (TPSA) is 49.4 Å². The standard InChI is InChI=1S/C29H33ClN2O2S/c1-21(2)31-29(34)27(17-23-10-5-4-6-11-23)32(18-24-12-7-9-22(3)15-24)28(33)20-35-19-25-13-8-14-26(30)16-25/h4-16,21,27H,17-20H2,1-3H3,(H,31,34)/t27-/m0/s1. The summed E-state index contributed by atoms with van der Waals surface area (Å²) in [6.07, 6.45) is 0.454. The molecule has 0 aliphatic rings. The van der Waals surface area contributed by atoms with E-state index in [0.29, 0.717) is 23.7 Å². The summed E-state index contributed by atoms with van der Waals surface area (Å²) in [5.41, 5.74) is 4.22. The van der Waals surface area contributed by atoms with Gasteiger partial charge in [0.05, 0.1) is 5.75 Å². The molecule has 6 heteroatoms. The predicted octanol–water partition coefficient (Wildman–Crippen LogP) is 6.05. The minimum atomic E-state index is -0.611. The average Bonchev–Trinajstić information content (AvgIpc) is 2.81. The lowest BCUT2D eigenvalue weighted by molar-refractivity contribution is -0.139. The van der Waals surface area contributed by atoms with E-state index in [1.165, 1.54) is 11.8 Å². The smallest absolute Gasteiger partial charge is 0.243 e. The van der Waals surface area contributed by atoms with E-state index in [0.717, 1.165) is 22.3 Å². The Bertz CT molecular complexity index is 1120. The molecule has 1 N–H and O–H groups in total. The molecule has 0 aliphatic heterocycles. The van der Waals surface area contributed by atoms with E-state index in [1.807, 2.05) is 93.6 Å². The summed E-state index contributed by atoms with van der Waals surface area (Å²) in [6, 6.07) is 25.0. The van der Waals surface area contributed by atoms with Crippen LogP contribution in [-0.2, 0) is 28.3 Å². The number of carbonyl (C=O) groups excluding carboxylic acids is 2. The van der Waals surface area contributed by atoms with Gasteiger partial charge in [-0.2, -0.15) is 0 Å². The molecule has 0 aromatic heterocycles. The molecule has 0 fully saturated rings. The molecule has 2 amide bonds. The van der Waals surface area contributed by atoms with Gasteiger partial charge >= 0.3 is 0 Å². The fraction of sp³-hybridized carbons (Fsp3) is 0.310. The van der Waals surface area contributed by atoms with Gasteiger partial charge < -0.3 is 10.2 Å². The Morgan fingerprint density at radius 1 is 0.914 bits per heavy atom. The highest BCUT2D eigenvalue weighted by Gasteiger charge is 2.30. The fourth-order valence-corrected chi connectivity index (χ4v) is 4.98. The summed E-state index contributed by atoms with van der Waals surface area (Å²) in [5, 5.41) is 3.71. The molecular weight excluding hydrogens is 476 g/mol. The van der Waals surface area contributed by atoms with Crippen LogP contribution in [0.5, 0.6) is 0 Å². The zero-order valence-corrected chi connectivity index (χ0v) is 22.1. The number of benzene rings is 3. The van der Waals surface area contributed by atoms with E-state index in [1.54, 1.807) is 4.90 Å². The predicted molar refractivity (Wildman–Crippen MR) is 147 cm³/mol. The van der Waals surface area contributed by atoms with Crippen molar-refractivity contribution in [3.63, 3.8) is 0 Å². The Kier molecular flexibility index (Phi) is 10.2. The molecule has 184 valence electrons. The Hall–Kier alpha value is -2.76.